The minimum absolute atomic E-state index is 0.219. The van der Waals surface area contributed by atoms with Crippen LogP contribution in [0.25, 0.3) is 0 Å². The van der Waals surface area contributed by atoms with Gasteiger partial charge in [-0.3, -0.25) is 4.79 Å². The van der Waals surface area contributed by atoms with E-state index < -0.39 is 5.91 Å². The molecule has 0 saturated carbocycles. The highest BCUT2D eigenvalue weighted by atomic mass is 16.3. The fraction of sp³-hybridized carbons (Fsp3) is 0.0556. The number of azo groups is 1. The van der Waals surface area contributed by atoms with Crippen LogP contribution in [-0.4, -0.2) is 11.0 Å². The number of hydrogen-bond acceptors (Lipinski definition) is 4. The van der Waals surface area contributed by atoms with Gasteiger partial charge in [-0.2, -0.15) is 5.11 Å². The monoisotopic (exact) mass is 311 g/mol. The summed E-state index contributed by atoms with van der Waals surface area (Å²) in [5.41, 5.74) is 0.646. The number of carbonyl (C=O) groups excluding carboxylic acids is 1. The predicted molar refractivity (Wildman–Crippen MR) is 94.4 cm³/mol. The summed E-state index contributed by atoms with van der Waals surface area (Å²) < 4.78 is 0. The molecule has 2 N–H and O–H groups in total. The number of hydrogen-bond donors (Lipinski definition) is 2. The van der Waals surface area contributed by atoms with Crippen LogP contribution in [0.15, 0.2) is 108 Å². The topological polar surface area (TPSA) is 74.0 Å². The molecule has 120 valence electrons. The normalized spacial score (nSPS) is 13.6. The summed E-state index contributed by atoms with van der Waals surface area (Å²) in [4.78, 5) is 12.1. The van der Waals surface area contributed by atoms with Crippen LogP contribution in [0.4, 0.5) is 0 Å². The van der Waals surface area contributed by atoms with E-state index in [0.29, 0.717) is 11.4 Å². The summed E-state index contributed by atoms with van der Waals surface area (Å²) >= 11 is 0. The average molecular weight is 311 g/mol. The van der Waals surface area contributed by atoms with Gasteiger partial charge in [0.15, 0.2) is 5.70 Å². The third kappa shape index (κ3) is 7.96. The van der Waals surface area contributed by atoms with Crippen molar-refractivity contribution < 1.29 is 9.90 Å². The lowest BCUT2D eigenvalue weighted by Gasteiger charge is -2.06. The van der Waals surface area contributed by atoms with Gasteiger partial charge in [-0.15, -0.1) is 5.11 Å². The smallest absolute Gasteiger partial charge is 0.279 e. The first-order valence-electron chi connectivity index (χ1n) is 6.70. The Morgan fingerprint density at radius 2 is 1.70 bits per heavy atom. The molecular weight excluding hydrogens is 290 g/mol. The molecule has 0 aromatic carbocycles. The number of aliphatic hydroxyl groups is 1. The van der Waals surface area contributed by atoms with Gasteiger partial charge in [0, 0.05) is 5.70 Å². The van der Waals surface area contributed by atoms with Crippen molar-refractivity contribution in [3.05, 3.63) is 97.8 Å². The summed E-state index contributed by atoms with van der Waals surface area (Å²) in [5, 5.41) is 19.9. The van der Waals surface area contributed by atoms with E-state index in [1.54, 1.807) is 30.4 Å². The van der Waals surface area contributed by atoms with Crippen molar-refractivity contribution in [2.75, 3.05) is 0 Å². The first kappa shape index (κ1) is 19.8. The van der Waals surface area contributed by atoms with Gasteiger partial charge < -0.3 is 10.4 Å². The Hall–Kier alpha value is -3.21. The third-order valence-electron chi connectivity index (χ3n) is 2.29. The Morgan fingerprint density at radius 3 is 2.17 bits per heavy atom. The Morgan fingerprint density at radius 1 is 1.04 bits per heavy atom. The van der Waals surface area contributed by atoms with Gasteiger partial charge in [-0.1, -0.05) is 50.6 Å². The Balaban J connectivity index is 5.44. The van der Waals surface area contributed by atoms with E-state index in [0.717, 1.165) is 0 Å². The first-order chi connectivity index (χ1) is 11.0. The highest BCUT2D eigenvalue weighted by molar-refractivity contribution is 5.94. The zero-order valence-corrected chi connectivity index (χ0v) is 13.2. The van der Waals surface area contributed by atoms with Crippen molar-refractivity contribution in [3.8, 4) is 0 Å². The molecule has 0 aliphatic rings. The molecule has 0 spiro atoms. The second-order valence-electron chi connectivity index (χ2n) is 4.07. The zero-order valence-electron chi connectivity index (χ0n) is 13.2. The van der Waals surface area contributed by atoms with Crippen molar-refractivity contribution in [1.82, 2.24) is 5.32 Å². The zero-order chi connectivity index (χ0) is 17.7. The van der Waals surface area contributed by atoms with Crippen LogP contribution in [0.3, 0.4) is 0 Å². The summed E-state index contributed by atoms with van der Waals surface area (Å²) in [5.74, 6) is -0.883. The number of allylic oxidation sites excluding steroid dienone is 9. The molecule has 0 aromatic heterocycles. The molecule has 23 heavy (non-hydrogen) atoms. The number of rotatable bonds is 9. The number of nitrogens with zero attached hydrogens (tertiary/aromatic N) is 2. The highest BCUT2D eigenvalue weighted by Gasteiger charge is 2.13. The van der Waals surface area contributed by atoms with Gasteiger partial charge in [0.25, 0.3) is 5.91 Å². The van der Waals surface area contributed by atoms with E-state index in [2.05, 4.69) is 41.9 Å². The molecule has 0 aromatic rings. The van der Waals surface area contributed by atoms with Crippen LogP contribution in [0.1, 0.15) is 6.92 Å². The molecule has 0 atom stereocenters. The molecule has 5 heteroatoms. The third-order valence-corrected chi connectivity index (χ3v) is 2.29. The maximum atomic E-state index is 12.1. The Labute approximate surface area is 136 Å². The molecule has 0 fully saturated rings. The van der Waals surface area contributed by atoms with Crippen molar-refractivity contribution in [2.45, 2.75) is 6.92 Å². The fourth-order valence-corrected chi connectivity index (χ4v) is 1.28. The summed E-state index contributed by atoms with van der Waals surface area (Å²) in [7, 11) is 0. The summed E-state index contributed by atoms with van der Waals surface area (Å²) in [6, 6.07) is 0. The van der Waals surface area contributed by atoms with Crippen LogP contribution in [0, 0.1) is 0 Å². The van der Waals surface area contributed by atoms with Gasteiger partial charge >= 0.3 is 0 Å². The van der Waals surface area contributed by atoms with Gasteiger partial charge in [0.1, 0.15) is 5.76 Å². The number of aliphatic hydroxyl groups excluding tert-OH is 1. The summed E-state index contributed by atoms with van der Waals surface area (Å²) in [6.45, 7) is 15.6. The average Bonchev–Trinajstić information content (AvgIpc) is 2.51. The molecule has 1 amide bonds. The SMILES string of the molecule is C=C/C=C\C(=C/C=C)N=NC(C(=O)N/C(C=C)=C/C=C)=C(C)O. The Bertz CT molecular complexity index is 629. The number of nitrogens with one attached hydrogen (secondary N) is 1. The van der Waals surface area contributed by atoms with Crippen LogP contribution in [0.5, 0.6) is 0 Å². The molecule has 0 aliphatic heterocycles. The molecule has 0 rings (SSSR count). The molecule has 5 nitrogen and oxygen atoms in total. The van der Waals surface area contributed by atoms with Crippen LogP contribution in [-0.2, 0) is 4.79 Å². The lowest BCUT2D eigenvalue weighted by Crippen LogP contribution is -2.23. The lowest BCUT2D eigenvalue weighted by molar-refractivity contribution is -0.117. The minimum Gasteiger partial charge on any atom is -0.510 e. The number of carbonyl (C=O) groups is 1. The molecule has 0 heterocycles. The van der Waals surface area contributed by atoms with Crippen molar-refractivity contribution in [3.63, 3.8) is 0 Å². The summed E-state index contributed by atoms with van der Waals surface area (Å²) in [6.07, 6.45) is 12.5. The maximum absolute atomic E-state index is 12.1. The second kappa shape index (κ2) is 11.4. The van der Waals surface area contributed by atoms with Gasteiger partial charge in [-0.25, -0.2) is 0 Å². The second-order valence-corrected chi connectivity index (χ2v) is 4.07. The molecule has 0 radical (unpaired) electrons. The van der Waals surface area contributed by atoms with E-state index in [1.807, 2.05) is 0 Å². The van der Waals surface area contributed by atoms with Crippen LogP contribution >= 0.6 is 0 Å². The van der Waals surface area contributed by atoms with Gasteiger partial charge in [0.05, 0.1) is 5.70 Å². The standard InChI is InChI=1S/C18H21N3O2/c1-6-10-13-16(12-8-3)20-21-17(14(5)22)18(23)19-15(9-4)11-7-2/h6-13,22H,1-4H2,5H3,(H,19,23)/b13-10-,15-11+,16-12+,17-14?,21-20?. The highest BCUT2D eigenvalue weighted by Crippen LogP contribution is 2.10. The van der Waals surface area contributed by atoms with Crippen molar-refractivity contribution in [1.29, 1.82) is 0 Å². The van der Waals surface area contributed by atoms with E-state index in [9.17, 15) is 9.90 Å². The molecule has 0 bridgehead atoms. The molecule has 0 unspecified atom stereocenters. The molecule has 0 aliphatic carbocycles. The lowest BCUT2D eigenvalue weighted by atomic mass is 10.3. The Kier molecular flexibility index (Phi) is 9.85. The van der Waals surface area contributed by atoms with Gasteiger partial charge in [-0.05, 0) is 31.2 Å². The maximum Gasteiger partial charge on any atom is 0.279 e. The number of amides is 1. The van der Waals surface area contributed by atoms with E-state index in [4.69, 9.17) is 0 Å². The molecule has 0 saturated heterocycles. The first-order valence-corrected chi connectivity index (χ1v) is 6.70. The fourth-order valence-electron chi connectivity index (χ4n) is 1.28. The largest absolute Gasteiger partial charge is 0.510 e. The van der Waals surface area contributed by atoms with E-state index >= 15 is 0 Å². The molecular formula is C18H21N3O2. The van der Waals surface area contributed by atoms with Gasteiger partial charge in [0.2, 0.25) is 0 Å². The quantitative estimate of drug-likeness (QED) is 0.286. The van der Waals surface area contributed by atoms with E-state index in [-0.39, 0.29) is 11.5 Å². The predicted octanol–water partition coefficient (Wildman–Crippen LogP) is 4.41. The minimum atomic E-state index is -0.618. The van der Waals surface area contributed by atoms with E-state index in [1.165, 1.54) is 25.2 Å². The van der Waals surface area contributed by atoms with Crippen LogP contribution < -0.4 is 5.32 Å². The van der Waals surface area contributed by atoms with Crippen LogP contribution in [0.2, 0.25) is 0 Å². The van der Waals surface area contributed by atoms with Crippen molar-refractivity contribution >= 4 is 5.91 Å². The van der Waals surface area contributed by atoms with Crippen molar-refractivity contribution in [2.24, 2.45) is 10.2 Å².